The van der Waals surface area contributed by atoms with Gasteiger partial charge in [0.2, 0.25) is 15.9 Å². The Morgan fingerprint density at radius 1 is 1.09 bits per heavy atom. The Balaban J connectivity index is 1.54. The number of aromatic nitrogens is 5. The molecular formula is C37H33ClF7N7O4S. The Labute approximate surface area is 326 Å². The number of hydrogen-bond acceptors (Lipinski definition) is 7. The maximum atomic E-state index is 15.3. The summed E-state index contributed by atoms with van der Waals surface area (Å²) in [4.78, 5) is 18.5. The molecular weight excluding hydrogens is 807 g/mol. The van der Waals surface area contributed by atoms with E-state index in [0.717, 1.165) is 25.3 Å². The minimum atomic E-state index is -5.11. The van der Waals surface area contributed by atoms with Crippen molar-refractivity contribution >= 4 is 44.3 Å². The summed E-state index contributed by atoms with van der Waals surface area (Å²) >= 11 is 6.55. The maximum absolute atomic E-state index is 15.3. The number of pyridine rings is 1. The summed E-state index contributed by atoms with van der Waals surface area (Å²) in [7, 11) is -2.36. The van der Waals surface area contributed by atoms with E-state index in [4.69, 9.17) is 11.6 Å². The van der Waals surface area contributed by atoms with E-state index in [1.165, 1.54) is 49.8 Å². The Hall–Kier alpha value is -5.19. The molecule has 302 valence electrons. The second-order valence-corrected chi connectivity index (χ2v) is 16.4. The number of nitrogens with zero attached hydrogens (tertiary/aromatic N) is 5. The summed E-state index contributed by atoms with van der Waals surface area (Å²) < 4.78 is 130. The normalized spacial score (nSPS) is 15.9. The van der Waals surface area contributed by atoms with Crippen LogP contribution in [0, 0.1) is 29.4 Å². The number of aryl methyl sites for hydroxylation is 1. The van der Waals surface area contributed by atoms with Crippen LogP contribution < -0.4 is 10.0 Å². The van der Waals surface area contributed by atoms with Crippen LogP contribution in [0.4, 0.5) is 36.6 Å². The fourth-order valence-electron chi connectivity index (χ4n) is 6.73. The Morgan fingerprint density at radius 3 is 2.35 bits per heavy atom. The molecule has 1 aliphatic carbocycles. The topological polar surface area (TPSA) is 144 Å². The lowest BCUT2D eigenvalue weighted by molar-refractivity contribution is -0.142. The van der Waals surface area contributed by atoms with Crippen molar-refractivity contribution in [3.63, 3.8) is 0 Å². The smallest absolute Gasteiger partial charge is 0.378 e. The van der Waals surface area contributed by atoms with Gasteiger partial charge < -0.3 is 10.4 Å². The molecule has 6 rings (SSSR count). The number of halogens is 8. The number of alkyl halides is 5. The van der Waals surface area contributed by atoms with Crippen molar-refractivity contribution in [1.82, 2.24) is 29.9 Å². The van der Waals surface area contributed by atoms with Crippen LogP contribution in [0.1, 0.15) is 60.7 Å². The van der Waals surface area contributed by atoms with E-state index < -0.39 is 93.6 Å². The first-order chi connectivity index (χ1) is 26.3. The SMILES string of the molecule is CC1Cc2c(C(F)(F)F)nn(CC(=O)NC(Cc3cc(F)cc(F)c3)c3nc(C#CC(C)(C)O)ccc3-c3ccc(Cl)c4c(NS(C)(=O)=O)nn(C)c34)c2C1(F)F. The molecule has 20 heteroatoms. The van der Waals surface area contributed by atoms with Gasteiger partial charge in [0.1, 0.15) is 35.2 Å². The second kappa shape index (κ2) is 14.6. The number of amides is 1. The molecule has 0 bridgehead atoms. The Morgan fingerprint density at radius 2 is 1.74 bits per heavy atom. The molecule has 1 aliphatic rings. The predicted molar refractivity (Wildman–Crippen MR) is 196 cm³/mol. The number of fused-ring (bicyclic) bond motifs is 2. The van der Waals surface area contributed by atoms with Crippen LogP contribution in [-0.4, -0.2) is 55.8 Å². The van der Waals surface area contributed by atoms with Gasteiger partial charge in [-0.1, -0.05) is 30.5 Å². The van der Waals surface area contributed by atoms with E-state index in [2.05, 4.69) is 37.1 Å². The van der Waals surface area contributed by atoms with Crippen LogP contribution >= 0.6 is 11.6 Å². The molecule has 2 aromatic carbocycles. The predicted octanol–water partition coefficient (Wildman–Crippen LogP) is 6.66. The van der Waals surface area contributed by atoms with Gasteiger partial charge in [-0.2, -0.15) is 32.1 Å². The van der Waals surface area contributed by atoms with E-state index in [0.29, 0.717) is 16.3 Å². The molecule has 0 fully saturated rings. The van der Waals surface area contributed by atoms with Gasteiger partial charge in [0.05, 0.1) is 33.9 Å². The van der Waals surface area contributed by atoms with Gasteiger partial charge in [0.15, 0.2) is 11.5 Å². The van der Waals surface area contributed by atoms with Crippen LogP contribution in [0.5, 0.6) is 0 Å². The van der Waals surface area contributed by atoms with Gasteiger partial charge in [0, 0.05) is 35.7 Å². The summed E-state index contributed by atoms with van der Waals surface area (Å²) in [5.74, 6) is -3.15. The molecule has 3 N–H and O–H groups in total. The average Bonchev–Trinajstić information content (AvgIpc) is 3.67. The number of nitrogens with one attached hydrogen (secondary N) is 2. The third-order valence-corrected chi connectivity index (χ3v) is 9.89. The number of aliphatic hydroxyl groups is 1. The number of carbonyl (C=O) groups excluding carboxylic acids is 1. The first-order valence-electron chi connectivity index (χ1n) is 17.0. The lowest BCUT2D eigenvalue weighted by atomic mass is 9.93. The standard InChI is InChI=1S/C37H33ClF7N7O4S/c1-18-12-25-32(37(43,44)45)48-52(33(25)36(18,41)42)17-28(53)47-27(15-19-13-20(39)16-21(40)14-19)30-23(7-6-22(46-30)10-11-35(2,3)54)24-8-9-26(38)29-31(24)51(4)49-34(29)50-57(5,55)56/h6-9,13-14,16,18,27,54H,12,15,17H2,1-5H3,(H,47,53)(H,49,50). The number of hydrogen-bond donors (Lipinski definition) is 3. The highest BCUT2D eigenvalue weighted by Crippen LogP contribution is 2.49. The molecule has 0 saturated carbocycles. The van der Waals surface area contributed by atoms with Crippen LogP contribution in [0.15, 0.2) is 42.5 Å². The monoisotopic (exact) mass is 839 g/mol. The molecule has 3 heterocycles. The van der Waals surface area contributed by atoms with Crippen LogP contribution in [0.3, 0.4) is 0 Å². The van der Waals surface area contributed by atoms with E-state index in [9.17, 15) is 40.3 Å². The van der Waals surface area contributed by atoms with Crippen molar-refractivity contribution in [2.24, 2.45) is 13.0 Å². The maximum Gasteiger partial charge on any atom is 0.435 e. The van der Waals surface area contributed by atoms with Crippen molar-refractivity contribution in [1.29, 1.82) is 0 Å². The molecule has 11 nitrogen and oxygen atoms in total. The average molecular weight is 840 g/mol. The van der Waals surface area contributed by atoms with Crippen molar-refractivity contribution in [2.75, 3.05) is 11.0 Å². The summed E-state index contributed by atoms with van der Waals surface area (Å²) in [5, 5.41) is 20.8. The third-order valence-electron chi connectivity index (χ3n) is 9.02. The molecule has 0 aliphatic heterocycles. The number of sulfonamides is 1. The number of anilines is 1. The Kier molecular flexibility index (Phi) is 10.6. The molecule has 2 unspecified atom stereocenters. The fourth-order valence-corrected chi connectivity index (χ4v) is 7.47. The van der Waals surface area contributed by atoms with E-state index in [1.807, 2.05) is 0 Å². The van der Waals surface area contributed by atoms with Gasteiger partial charge in [-0.05, 0) is 68.5 Å². The fraction of sp³-hybridized carbons (Fsp3) is 0.351. The molecule has 2 atom stereocenters. The zero-order valence-corrected chi connectivity index (χ0v) is 32.2. The van der Waals surface area contributed by atoms with Gasteiger partial charge in [-0.15, -0.1) is 0 Å². The highest BCUT2D eigenvalue weighted by molar-refractivity contribution is 7.92. The summed E-state index contributed by atoms with van der Waals surface area (Å²) in [6.07, 6.45) is -5.24. The Bertz CT molecular complexity index is 2590. The van der Waals surface area contributed by atoms with Crippen LogP contribution in [0.25, 0.3) is 22.0 Å². The van der Waals surface area contributed by atoms with Crippen molar-refractivity contribution in [3.05, 3.63) is 93.0 Å². The highest BCUT2D eigenvalue weighted by atomic mass is 35.5. The molecule has 57 heavy (non-hydrogen) atoms. The largest absolute Gasteiger partial charge is 0.435 e. The lowest BCUT2D eigenvalue weighted by Crippen LogP contribution is -2.35. The van der Waals surface area contributed by atoms with Gasteiger partial charge in [-0.3, -0.25) is 18.9 Å². The third kappa shape index (κ3) is 8.72. The van der Waals surface area contributed by atoms with Crippen LogP contribution in [-0.2, 0) is 53.4 Å². The first kappa shape index (κ1) is 41.4. The van der Waals surface area contributed by atoms with Crippen LogP contribution in [0.2, 0.25) is 5.02 Å². The van der Waals surface area contributed by atoms with Gasteiger partial charge in [-0.25, -0.2) is 22.2 Å². The molecule has 0 spiro atoms. The van der Waals surface area contributed by atoms with E-state index in [-0.39, 0.29) is 44.3 Å². The zero-order chi connectivity index (χ0) is 42.0. The zero-order valence-electron chi connectivity index (χ0n) is 30.7. The molecule has 1 amide bonds. The summed E-state index contributed by atoms with van der Waals surface area (Å²) in [6, 6.07) is 7.10. The first-order valence-corrected chi connectivity index (χ1v) is 19.3. The minimum Gasteiger partial charge on any atom is -0.378 e. The summed E-state index contributed by atoms with van der Waals surface area (Å²) in [5.41, 5.74) is -4.08. The number of benzene rings is 2. The number of carbonyl (C=O) groups is 1. The molecule has 0 saturated heterocycles. The lowest BCUT2D eigenvalue weighted by Gasteiger charge is -2.23. The molecule has 3 aromatic heterocycles. The van der Waals surface area contributed by atoms with Crippen molar-refractivity contribution in [2.45, 2.75) is 63.9 Å². The highest BCUT2D eigenvalue weighted by Gasteiger charge is 2.54. The van der Waals surface area contributed by atoms with Gasteiger partial charge >= 0.3 is 6.18 Å². The summed E-state index contributed by atoms with van der Waals surface area (Å²) in [6.45, 7) is 2.78. The number of rotatable bonds is 9. The molecule has 0 radical (unpaired) electrons. The van der Waals surface area contributed by atoms with E-state index in [1.54, 1.807) is 0 Å². The van der Waals surface area contributed by atoms with E-state index >= 15 is 8.78 Å². The quantitative estimate of drug-likeness (QED) is 0.111. The van der Waals surface area contributed by atoms with Crippen molar-refractivity contribution in [3.8, 4) is 23.0 Å². The van der Waals surface area contributed by atoms with Crippen molar-refractivity contribution < 1.29 is 49.1 Å². The molecule has 5 aromatic rings. The minimum absolute atomic E-state index is 0.0142. The second-order valence-electron chi connectivity index (χ2n) is 14.3. The van der Waals surface area contributed by atoms with Gasteiger partial charge in [0.25, 0.3) is 5.92 Å².